The molecule has 25 heavy (non-hydrogen) atoms. The van der Waals surface area contributed by atoms with E-state index in [0.29, 0.717) is 0 Å². The number of hydrogen-bond donors (Lipinski definition) is 0. The van der Waals surface area contributed by atoms with Gasteiger partial charge in [-0.2, -0.15) is 0 Å². The molecule has 0 spiro atoms. The lowest BCUT2D eigenvalue weighted by molar-refractivity contribution is 0.00578. The largest absolute Gasteiger partial charge is 0.494 e. The third kappa shape index (κ3) is 2.76. The molecule has 2 heterocycles. The molecule has 0 N–H and O–H groups in total. The van der Waals surface area contributed by atoms with E-state index in [0.717, 1.165) is 27.5 Å². The molecular formula is C21H22BNO2. The highest BCUT2D eigenvalue weighted by atomic mass is 16.7. The third-order valence-corrected chi connectivity index (χ3v) is 5.38. The van der Waals surface area contributed by atoms with Gasteiger partial charge in [-0.3, -0.25) is 4.98 Å². The molecule has 4 heteroatoms. The number of hydrogen-bond acceptors (Lipinski definition) is 3. The molecular weight excluding hydrogens is 309 g/mol. The summed E-state index contributed by atoms with van der Waals surface area (Å²) in [5.41, 5.74) is 3.69. The summed E-state index contributed by atoms with van der Waals surface area (Å²) in [6.45, 7) is 8.29. The maximum atomic E-state index is 6.13. The quantitative estimate of drug-likeness (QED) is 0.660. The molecule has 0 atom stereocenters. The number of fused-ring (bicyclic) bond motifs is 1. The average molecular weight is 331 g/mol. The summed E-state index contributed by atoms with van der Waals surface area (Å²) < 4.78 is 12.3. The van der Waals surface area contributed by atoms with Gasteiger partial charge in [-0.25, -0.2) is 0 Å². The van der Waals surface area contributed by atoms with Crippen LogP contribution in [0.5, 0.6) is 0 Å². The second-order valence-electron chi connectivity index (χ2n) is 7.59. The Balaban J connectivity index is 1.67. The first-order valence-electron chi connectivity index (χ1n) is 8.67. The molecule has 0 amide bonds. The second kappa shape index (κ2) is 5.68. The molecule has 1 aliphatic rings. The maximum absolute atomic E-state index is 6.13. The molecule has 0 saturated carbocycles. The van der Waals surface area contributed by atoms with E-state index in [1.54, 1.807) is 0 Å². The first kappa shape index (κ1) is 16.3. The highest BCUT2D eigenvalue weighted by Crippen LogP contribution is 2.36. The van der Waals surface area contributed by atoms with Crippen LogP contribution in [0.4, 0.5) is 0 Å². The van der Waals surface area contributed by atoms with Gasteiger partial charge in [0, 0.05) is 17.1 Å². The van der Waals surface area contributed by atoms with Crippen molar-refractivity contribution < 1.29 is 9.31 Å². The maximum Gasteiger partial charge on any atom is 0.494 e. The molecule has 0 bridgehead atoms. The summed E-state index contributed by atoms with van der Waals surface area (Å²) in [5, 5.41) is 1.15. The fourth-order valence-electron chi connectivity index (χ4n) is 3.14. The highest BCUT2D eigenvalue weighted by molar-refractivity contribution is 6.62. The molecule has 0 aliphatic carbocycles. The number of rotatable bonds is 2. The van der Waals surface area contributed by atoms with Crippen LogP contribution in [0, 0.1) is 0 Å². The van der Waals surface area contributed by atoms with Crippen molar-refractivity contribution in [3.63, 3.8) is 0 Å². The van der Waals surface area contributed by atoms with Crippen LogP contribution in [0.15, 0.2) is 60.8 Å². The lowest BCUT2D eigenvalue weighted by Crippen LogP contribution is -2.41. The zero-order valence-corrected chi connectivity index (χ0v) is 15.1. The normalized spacial score (nSPS) is 18.6. The standard InChI is InChI=1S/C21H22BNO2/c1-20(2)21(3,4)25-22(24-20)17-12-10-15(11-13-17)18-9-5-7-16-8-6-14-23-19(16)18/h5-14H,1-4H3. The Kier molecular flexibility index (Phi) is 3.71. The van der Waals surface area contributed by atoms with E-state index in [9.17, 15) is 0 Å². The minimum Gasteiger partial charge on any atom is -0.399 e. The molecule has 3 nitrogen and oxygen atoms in total. The number of aromatic nitrogens is 1. The minimum atomic E-state index is -0.329. The van der Waals surface area contributed by atoms with Crippen molar-refractivity contribution in [3.05, 3.63) is 60.8 Å². The predicted octanol–water partition coefficient (Wildman–Crippen LogP) is 4.20. The van der Waals surface area contributed by atoms with Crippen LogP contribution < -0.4 is 5.46 Å². The van der Waals surface area contributed by atoms with Crippen molar-refractivity contribution in [2.24, 2.45) is 0 Å². The van der Waals surface area contributed by atoms with Gasteiger partial charge in [-0.15, -0.1) is 0 Å². The van der Waals surface area contributed by atoms with Gasteiger partial charge in [0.05, 0.1) is 16.7 Å². The van der Waals surface area contributed by atoms with E-state index >= 15 is 0 Å². The Hall–Kier alpha value is -2.17. The van der Waals surface area contributed by atoms with Gasteiger partial charge in [-0.05, 0) is 44.8 Å². The molecule has 4 rings (SSSR count). The van der Waals surface area contributed by atoms with Crippen molar-refractivity contribution in [1.82, 2.24) is 4.98 Å². The monoisotopic (exact) mass is 331 g/mol. The Bertz CT molecular complexity index is 897. The lowest BCUT2D eigenvalue weighted by atomic mass is 9.78. The Morgan fingerprint density at radius 2 is 1.44 bits per heavy atom. The van der Waals surface area contributed by atoms with E-state index in [4.69, 9.17) is 9.31 Å². The van der Waals surface area contributed by atoms with E-state index in [1.807, 2.05) is 12.3 Å². The summed E-state index contributed by atoms with van der Waals surface area (Å²) in [7, 11) is -0.329. The van der Waals surface area contributed by atoms with Crippen LogP contribution in [0.3, 0.4) is 0 Å². The van der Waals surface area contributed by atoms with Crippen molar-refractivity contribution in [2.75, 3.05) is 0 Å². The average Bonchev–Trinajstić information content (AvgIpc) is 2.82. The minimum absolute atomic E-state index is 0.324. The van der Waals surface area contributed by atoms with Crippen LogP contribution in [0.25, 0.3) is 22.0 Å². The van der Waals surface area contributed by atoms with Crippen LogP contribution in [0.1, 0.15) is 27.7 Å². The predicted molar refractivity (Wildman–Crippen MR) is 103 cm³/mol. The van der Waals surface area contributed by atoms with Crippen LogP contribution >= 0.6 is 0 Å². The van der Waals surface area contributed by atoms with Crippen LogP contribution in [0.2, 0.25) is 0 Å². The van der Waals surface area contributed by atoms with Crippen molar-refractivity contribution in [2.45, 2.75) is 38.9 Å². The summed E-state index contributed by atoms with van der Waals surface area (Å²) in [6, 6.07) is 18.7. The van der Waals surface area contributed by atoms with Gasteiger partial charge < -0.3 is 9.31 Å². The number of benzene rings is 2. The number of nitrogens with zero attached hydrogens (tertiary/aromatic N) is 1. The fraction of sp³-hybridized carbons (Fsp3) is 0.286. The molecule has 0 radical (unpaired) electrons. The molecule has 2 aromatic carbocycles. The molecule has 1 saturated heterocycles. The summed E-state index contributed by atoms with van der Waals surface area (Å²) in [4.78, 5) is 4.55. The third-order valence-electron chi connectivity index (χ3n) is 5.38. The van der Waals surface area contributed by atoms with E-state index < -0.39 is 0 Å². The number of pyridine rings is 1. The highest BCUT2D eigenvalue weighted by Gasteiger charge is 2.51. The molecule has 1 aliphatic heterocycles. The van der Waals surface area contributed by atoms with Crippen molar-refractivity contribution in [3.8, 4) is 11.1 Å². The van der Waals surface area contributed by atoms with Gasteiger partial charge in [0.2, 0.25) is 0 Å². The number of para-hydroxylation sites is 1. The molecule has 1 aromatic heterocycles. The zero-order chi connectivity index (χ0) is 17.7. The van der Waals surface area contributed by atoms with E-state index in [2.05, 4.69) is 81.2 Å². The van der Waals surface area contributed by atoms with Crippen LogP contribution in [-0.4, -0.2) is 23.3 Å². The summed E-state index contributed by atoms with van der Waals surface area (Å²) in [6.07, 6.45) is 1.84. The lowest BCUT2D eigenvalue weighted by Gasteiger charge is -2.32. The zero-order valence-electron chi connectivity index (χ0n) is 15.1. The Labute approximate surface area is 149 Å². The molecule has 1 fully saturated rings. The topological polar surface area (TPSA) is 31.4 Å². The van der Waals surface area contributed by atoms with E-state index in [1.165, 1.54) is 0 Å². The first-order valence-corrected chi connectivity index (χ1v) is 8.67. The van der Waals surface area contributed by atoms with E-state index in [-0.39, 0.29) is 18.3 Å². The fourth-order valence-corrected chi connectivity index (χ4v) is 3.14. The summed E-state index contributed by atoms with van der Waals surface area (Å²) in [5.74, 6) is 0. The first-order chi connectivity index (χ1) is 11.9. The SMILES string of the molecule is CC1(C)OB(c2ccc(-c3cccc4cccnc34)cc2)OC1(C)C. The van der Waals surface area contributed by atoms with Crippen molar-refractivity contribution >= 4 is 23.5 Å². The molecule has 3 aromatic rings. The Morgan fingerprint density at radius 3 is 2.12 bits per heavy atom. The Morgan fingerprint density at radius 1 is 0.800 bits per heavy atom. The summed E-state index contributed by atoms with van der Waals surface area (Å²) >= 11 is 0. The van der Waals surface area contributed by atoms with Gasteiger partial charge >= 0.3 is 7.12 Å². The van der Waals surface area contributed by atoms with Gasteiger partial charge in [0.15, 0.2) is 0 Å². The van der Waals surface area contributed by atoms with Gasteiger partial charge in [0.1, 0.15) is 0 Å². The smallest absolute Gasteiger partial charge is 0.399 e. The van der Waals surface area contributed by atoms with Crippen molar-refractivity contribution in [1.29, 1.82) is 0 Å². The van der Waals surface area contributed by atoms with Crippen LogP contribution in [-0.2, 0) is 9.31 Å². The van der Waals surface area contributed by atoms with Gasteiger partial charge in [0.25, 0.3) is 0 Å². The second-order valence-corrected chi connectivity index (χ2v) is 7.59. The molecule has 0 unspecified atom stereocenters. The van der Waals surface area contributed by atoms with Gasteiger partial charge in [-0.1, -0.05) is 48.5 Å². The molecule has 126 valence electrons.